The molecule has 2 N–H and O–H groups in total. The number of rotatable bonds is 24. The Bertz CT molecular complexity index is 568. The van der Waals surface area contributed by atoms with E-state index in [4.69, 9.17) is 52.1 Å². The van der Waals surface area contributed by atoms with Crippen LogP contribution in [-0.2, 0) is 52.1 Å². The Hall–Kier alpha value is -0.520. The minimum atomic E-state index is -0.818. The van der Waals surface area contributed by atoms with Gasteiger partial charge in [0.15, 0.2) is 12.6 Å². The van der Waals surface area contributed by atoms with Crippen molar-refractivity contribution in [2.24, 2.45) is 0 Å². The molecule has 35 heavy (non-hydrogen) atoms. The van der Waals surface area contributed by atoms with E-state index in [1.54, 1.807) is 0 Å². The highest BCUT2D eigenvalue weighted by atomic mass is 16.8. The molecular weight excluding hydrogens is 472 g/mol. The molecule has 4 heterocycles. The van der Waals surface area contributed by atoms with Crippen molar-refractivity contribution in [2.75, 3.05) is 92.5 Å². The summed E-state index contributed by atoms with van der Waals surface area (Å²) in [6.07, 6.45) is -2.38. The number of epoxide rings is 4. The minimum Gasteiger partial charge on any atom is -0.388 e. The van der Waals surface area contributed by atoms with E-state index in [0.29, 0.717) is 39.6 Å². The minimum absolute atomic E-state index is 0.0673. The first kappa shape index (κ1) is 27.5. The van der Waals surface area contributed by atoms with E-state index in [0.717, 1.165) is 6.61 Å². The third kappa shape index (κ3) is 13.6. The Kier molecular flexibility index (Phi) is 11.8. The van der Waals surface area contributed by atoms with Crippen LogP contribution >= 0.6 is 0 Å². The van der Waals surface area contributed by atoms with Gasteiger partial charge in [0.2, 0.25) is 0 Å². The molecule has 0 aromatic heterocycles. The van der Waals surface area contributed by atoms with E-state index in [1.165, 1.54) is 0 Å². The molecule has 13 nitrogen and oxygen atoms in total. The lowest BCUT2D eigenvalue weighted by molar-refractivity contribution is -0.118. The first-order valence-electron chi connectivity index (χ1n) is 12.2. The number of hydrogen-bond acceptors (Lipinski definition) is 13. The van der Waals surface area contributed by atoms with Crippen LogP contribution < -0.4 is 0 Å². The fourth-order valence-electron chi connectivity index (χ4n) is 3.02. The predicted octanol–water partition coefficient (Wildman–Crippen LogP) is -1.93. The lowest BCUT2D eigenvalue weighted by atomic mass is 10.3. The van der Waals surface area contributed by atoms with Crippen LogP contribution in [0.1, 0.15) is 0 Å². The average molecular weight is 511 g/mol. The van der Waals surface area contributed by atoms with Crippen LogP contribution in [0.5, 0.6) is 0 Å². The molecule has 0 aliphatic carbocycles. The highest BCUT2D eigenvalue weighted by Crippen LogP contribution is 2.16. The van der Waals surface area contributed by atoms with Gasteiger partial charge in [0.25, 0.3) is 0 Å². The lowest BCUT2D eigenvalue weighted by Gasteiger charge is -2.20. The van der Waals surface area contributed by atoms with Crippen LogP contribution in [0.25, 0.3) is 0 Å². The zero-order valence-electron chi connectivity index (χ0n) is 19.9. The van der Waals surface area contributed by atoms with Gasteiger partial charge in [-0.15, -0.1) is 0 Å². The Morgan fingerprint density at radius 2 is 0.857 bits per heavy atom. The number of aliphatic hydroxyl groups excluding tert-OH is 2. The summed E-state index contributed by atoms with van der Waals surface area (Å²) in [5, 5.41) is 20.1. The number of aliphatic hydroxyl groups is 2. The van der Waals surface area contributed by atoms with E-state index in [2.05, 4.69) is 0 Å². The molecule has 8 atom stereocenters. The van der Waals surface area contributed by atoms with Crippen molar-refractivity contribution in [3.8, 4) is 0 Å². The molecule has 0 aromatic rings. The predicted molar refractivity (Wildman–Crippen MR) is 115 cm³/mol. The first-order valence-corrected chi connectivity index (χ1v) is 12.2. The number of hydrogen-bond donors (Lipinski definition) is 2. The zero-order chi connectivity index (χ0) is 24.3. The summed E-state index contributed by atoms with van der Waals surface area (Å²) < 4.78 is 59.4. The molecule has 8 unspecified atom stereocenters. The molecule has 0 bridgehead atoms. The molecule has 0 aromatic carbocycles. The van der Waals surface area contributed by atoms with Gasteiger partial charge >= 0.3 is 0 Å². The summed E-state index contributed by atoms with van der Waals surface area (Å²) in [4.78, 5) is 0. The highest BCUT2D eigenvalue weighted by Gasteiger charge is 2.30. The molecule has 0 amide bonds. The van der Waals surface area contributed by atoms with Crippen LogP contribution in [0.2, 0.25) is 0 Å². The summed E-state index contributed by atoms with van der Waals surface area (Å²) in [6, 6.07) is 0. The van der Waals surface area contributed by atoms with Crippen molar-refractivity contribution >= 4 is 0 Å². The molecule has 13 heteroatoms. The average Bonchev–Trinajstić information content (AvgIpc) is 3.66. The molecule has 0 spiro atoms. The largest absolute Gasteiger partial charge is 0.388 e. The summed E-state index contributed by atoms with van der Waals surface area (Å²) in [7, 11) is 0. The van der Waals surface area contributed by atoms with Crippen molar-refractivity contribution < 1.29 is 62.3 Å². The summed E-state index contributed by atoms with van der Waals surface area (Å²) >= 11 is 0. The normalized spacial score (nSPS) is 30.0. The van der Waals surface area contributed by atoms with Crippen LogP contribution in [-0.4, -0.2) is 152 Å². The van der Waals surface area contributed by atoms with E-state index in [9.17, 15) is 10.2 Å². The van der Waals surface area contributed by atoms with Crippen molar-refractivity contribution in [3.05, 3.63) is 0 Å². The Labute approximate surface area is 204 Å². The fourth-order valence-corrected chi connectivity index (χ4v) is 3.02. The second-order valence-electron chi connectivity index (χ2n) is 8.95. The van der Waals surface area contributed by atoms with Crippen LogP contribution in [0.3, 0.4) is 0 Å². The van der Waals surface area contributed by atoms with Crippen LogP contribution in [0, 0.1) is 0 Å². The van der Waals surface area contributed by atoms with Crippen molar-refractivity contribution in [3.63, 3.8) is 0 Å². The molecule has 4 saturated heterocycles. The zero-order valence-corrected chi connectivity index (χ0v) is 19.9. The Balaban J connectivity index is 1.02. The number of ether oxygens (including phenoxy) is 11. The van der Waals surface area contributed by atoms with E-state index in [-0.39, 0.29) is 77.1 Å². The van der Waals surface area contributed by atoms with E-state index < -0.39 is 18.3 Å². The molecule has 4 aliphatic rings. The Morgan fingerprint density at radius 3 is 1.23 bits per heavy atom. The van der Waals surface area contributed by atoms with Gasteiger partial charge in [-0.25, -0.2) is 0 Å². The third-order valence-corrected chi connectivity index (χ3v) is 5.16. The van der Waals surface area contributed by atoms with Crippen molar-refractivity contribution in [2.45, 2.75) is 49.2 Å². The van der Waals surface area contributed by atoms with Gasteiger partial charge in [-0.3, -0.25) is 0 Å². The molecule has 4 fully saturated rings. The third-order valence-electron chi connectivity index (χ3n) is 5.16. The second kappa shape index (κ2) is 15.0. The summed E-state index contributed by atoms with van der Waals surface area (Å²) in [5.41, 5.74) is 0. The Morgan fingerprint density at radius 1 is 0.514 bits per heavy atom. The monoisotopic (exact) mass is 510 g/mol. The van der Waals surface area contributed by atoms with Crippen LogP contribution in [0.4, 0.5) is 0 Å². The fraction of sp³-hybridized carbons (Fsp3) is 1.00. The SMILES string of the molecule is OC(COCC1CO1)COCC(COCC(O)COCC(COCC1CO1)OC1CO1)OC1CO1. The molecular formula is C22H38O13. The maximum absolute atomic E-state index is 10.2. The molecule has 0 radical (unpaired) electrons. The van der Waals surface area contributed by atoms with E-state index >= 15 is 0 Å². The van der Waals surface area contributed by atoms with Gasteiger partial charge in [-0.1, -0.05) is 0 Å². The standard InChI is InChI=1S/C22H38O13/c23-15(1-25-5-17-11-30-17)2-26-7-19(34-21-13-32-21)8-27-3-16(24)4-28-9-20(35-22-14-33-22)10-29-6-18-12-31-18/h15-24H,1-14H2. The molecule has 4 aliphatic heterocycles. The van der Waals surface area contributed by atoms with Gasteiger partial charge < -0.3 is 62.3 Å². The quantitative estimate of drug-likeness (QED) is 0.139. The van der Waals surface area contributed by atoms with Gasteiger partial charge in [-0.05, 0) is 0 Å². The highest BCUT2D eigenvalue weighted by molar-refractivity contribution is 4.70. The van der Waals surface area contributed by atoms with Crippen molar-refractivity contribution in [1.29, 1.82) is 0 Å². The maximum atomic E-state index is 10.2. The lowest BCUT2D eigenvalue weighted by Crippen LogP contribution is -2.33. The van der Waals surface area contributed by atoms with E-state index in [1.807, 2.05) is 0 Å². The maximum Gasteiger partial charge on any atom is 0.181 e. The first-order chi connectivity index (χ1) is 17.1. The van der Waals surface area contributed by atoms with Crippen LogP contribution in [0.15, 0.2) is 0 Å². The molecule has 4 rings (SSSR count). The van der Waals surface area contributed by atoms with Gasteiger partial charge in [-0.2, -0.15) is 0 Å². The summed E-state index contributed by atoms with van der Waals surface area (Å²) in [5.74, 6) is 0. The molecule has 0 saturated carbocycles. The molecule has 204 valence electrons. The topological polar surface area (TPSA) is 155 Å². The van der Waals surface area contributed by atoms with Gasteiger partial charge in [0, 0.05) is 0 Å². The summed E-state index contributed by atoms with van der Waals surface area (Å²) in [6.45, 7) is 5.04. The second-order valence-corrected chi connectivity index (χ2v) is 8.95. The van der Waals surface area contributed by atoms with Crippen molar-refractivity contribution in [1.82, 2.24) is 0 Å². The van der Waals surface area contributed by atoms with Gasteiger partial charge in [0.1, 0.15) is 49.8 Å². The van der Waals surface area contributed by atoms with Gasteiger partial charge in [0.05, 0.1) is 79.3 Å². The smallest absolute Gasteiger partial charge is 0.181 e.